The highest BCUT2D eigenvalue weighted by molar-refractivity contribution is 5.47. The Bertz CT molecular complexity index is 367. The van der Waals surface area contributed by atoms with E-state index in [1.807, 2.05) is 6.92 Å². The van der Waals surface area contributed by atoms with Crippen molar-refractivity contribution < 1.29 is 5.11 Å². The highest BCUT2D eigenvalue weighted by Gasteiger charge is 2.15. The molecule has 1 aromatic rings. The van der Waals surface area contributed by atoms with E-state index in [4.69, 9.17) is 0 Å². The molecule has 0 spiro atoms. The number of anilines is 1. The van der Waals surface area contributed by atoms with Crippen LogP contribution in [0.25, 0.3) is 0 Å². The largest absolute Gasteiger partial charge is 0.388 e. The minimum Gasteiger partial charge on any atom is -0.388 e. The predicted molar refractivity (Wildman–Crippen MR) is 81.5 cm³/mol. The molecule has 0 heterocycles. The van der Waals surface area contributed by atoms with E-state index in [2.05, 4.69) is 36.2 Å². The van der Waals surface area contributed by atoms with Gasteiger partial charge in [-0.1, -0.05) is 38.3 Å². The van der Waals surface area contributed by atoms with E-state index in [1.54, 1.807) is 0 Å². The van der Waals surface area contributed by atoms with Gasteiger partial charge in [-0.2, -0.15) is 0 Å². The van der Waals surface area contributed by atoms with Crippen LogP contribution in [0.4, 0.5) is 5.69 Å². The topological polar surface area (TPSA) is 23.5 Å². The molecule has 19 heavy (non-hydrogen) atoms. The van der Waals surface area contributed by atoms with Crippen LogP contribution in [0, 0.1) is 5.92 Å². The van der Waals surface area contributed by atoms with Crippen LogP contribution in [0.15, 0.2) is 24.3 Å². The maximum atomic E-state index is 9.81. The number of nitrogens with zero attached hydrogens (tertiary/aromatic N) is 1. The maximum absolute atomic E-state index is 9.81. The molecule has 1 atom stereocenters. The Hall–Kier alpha value is -1.02. The monoisotopic (exact) mass is 261 g/mol. The molecule has 1 fully saturated rings. The highest BCUT2D eigenvalue weighted by Crippen LogP contribution is 2.26. The van der Waals surface area contributed by atoms with E-state index in [1.165, 1.54) is 37.8 Å². The van der Waals surface area contributed by atoms with Gasteiger partial charge in [0.05, 0.1) is 6.10 Å². The molecule has 0 saturated heterocycles. The molecule has 0 aromatic heterocycles. The third-order valence-electron chi connectivity index (χ3n) is 4.36. The van der Waals surface area contributed by atoms with Gasteiger partial charge in [0, 0.05) is 19.3 Å². The first kappa shape index (κ1) is 14.4. The zero-order valence-electron chi connectivity index (χ0n) is 12.3. The minimum absolute atomic E-state index is 0.322. The van der Waals surface area contributed by atoms with Gasteiger partial charge < -0.3 is 10.0 Å². The third kappa shape index (κ3) is 3.97. The van der Waals surface area contributed by atoms with Gasteiger partial charge in [-0.15, -0.1) is 0 Å². The fourth-order valence-corrected chi connectivity index (χ4v) is 3.05. The van der Waals surface area contributed by atoms with Crippen molar-refractivity contribution in [3.63, 3.8) is 0 Å². The van der Waals surface area contributed by atoms with Crippen molar-refractivity contribution in [2.45, 2.75) is 51.6 Å². The highest BCUT2D eigenvalue weighted by atomic mass is 16.3. The van der Waals surface area contributed by atoms with E-state index < -0.39 is 0 Å². The van der Waals surface area contributed by atoms with Crippen LogP contribution < -0.4 is 4.90 Å². The average molecular weight is 261 g/mol. The van der Waals surface area contributed by atoms with Gasteiger partial charge in [0.1, 0.15) is 0 Å². The summed E-state index contributed by atoms with van der Waals surface area (Å²) in [7, 11) is 2.18. The molecule has 106 valence electrons. The Morgan fingerprint density at radius 3 is 2.37 bits per heavy atom. The SMILES string of the molecule is CC[C@@H](O)c1ccc(N(C)CC2CCCCC2)cc1. The summed E-state index contributed by atoms with van der Waals surface area (Å²) in [6, 6.07) is 8.38. The van der Waals surface area contributed by atoms with Crippen LogP contribution >= 0.6 is 0 Å². The molecular formula is C17H27NO. The maximum Gasteiger partial charge on any atom is 0.0787 e. The summed E-state index contributed by atoms with van der Waals surface area (Å²) >= 11 is 0. The van der Waals surface area contributed by atoms with Crippen LogP contribution in [0.5, 0.6) is 0 Å². The summed E-state index contributed by atoms with van der Waals surface area (Å²) in [4.78, 5) is 2.36. The molecule has 2 rings (SSSR count). The molecule has 1 saturated carbocycles. The summed E-state index contributed by atoms with van der Waals surface area (Å²) < 4.78 is 0. The van der Waals surface area contributed by atoms with Crippen molar-refractivity contribution in [2.24, 2.45) is 5.92 Å². The Morgan fingerprint density at radius 1 is 1.16 bits per heavy atom. The second-order valence-electron chi connectivity index (χ2n) is 5.90. The average Bonchev–Trinajstić information content (AvgIpc) is 2.47. The minimum atomic E-state index is -0.322. The van der Waals surface area contributed by atoms with Crippen molar-refractivity contribution in [1.82, 2.24) is 0 Å². The zero-order valence-corrected chi connectivity index (χ0v) is 12.3. The third-order valence-corrected chi connectivity index (χ3v) is 4.36. The molecule has 0 bridgehead atoms. The Labute approximate surface area is 117 Å². The lowest BCUT2D eigenvalue weighted by atomic mass is 9.89. The van der Waals surface area contributed by atoms with Crippen LogP contribution in [-0.2, 0) is 0 Å². The molecule has 0 unspecified atom stereocenters. The van der Waals surface area contributed by atoms with Crippen molar-refractivity contribution in [3.05, 3.63) is 29.8 Å². The number of aliphatic hydroxyl groups excluding tert-OH is 1. The number of hydrogen-bond acceptors (Lipinski definition) is 2. The first-order valence-corrected chi connectivity index (χ1v) is 7.70. The van der Waals surface area contributed by atoms with Gasteiger partial charge in [0.25, 0.3) is 0 Å². The Kier molecular flexibility index (Phi) is 5.26. The lowest BCUT2D eigenvalue weighted by Crippen LogP contribution is -2.26. The van der Waals surface area contributed by atoms with Crippen molar-refractivity contribution in [3.8, 4) is 0 Å². The number of benzene rings is 1. The first-order valence-electron chi connectivity index (χ1n) is 7.70. The van der Waals surface area contributed by atoms with Gasteiger partial charge >= 0.3 is 0 Å². The van der Waals surface area contributed by atoms with Crippen LogP contribution in [0.1, 0.15) is 57.1 Å². The van der Waals surface area contributed by atoms with Crippen LogP contribution in [-0.4, -0.2) is 18.7 Å². The van der Waals surface area contributed by atoms with Crippen molar-refractivity contribution in [2.75, 3.05) is 18.5 Å². The van der Waals surface area contributed by atoms with Crippen molar-refractivity contribution >= 4 is 5.69 Å². The quantitative estimate of drug-likeness (QED) is 0.861. The standard InChI is InChI=1S/C17H27NO/c1-3-17(19)15-9-11-16(12-10-15)18(2)13-14-7-5-4-6-8-14/h9-12,14,17,19H,3-8,13H2,1-2H3/t17-/m1/s1. The second-order valence-corrected chi connectivity index (χ2v) is 5.90. The smallest absolute Gasteiger partial charge is 0.0787 e. The normalized spacial score (nSPS) is 18.3. The van der Waals surface area contributed by atoms with Gasteiger partial charge in [0.2, 0.25) is 0 Å². The van der Waals surface area contributed by atoms with E-state index in [0.29, 0.717) is 0 Å². The van der Waals surface area contributed by atoms with E-state index in [0.717, 1.165) is 24.4 Å². The van der Waals surface area contributed by atoms with Crippen molar-refractivity contribution in [1.29, 1.82) is 0 Å². The van der Waals surface area contributed by atoms with Crippen LogP contribution in [0.2, 0.25) is 0 Å². The Morgan fingerprint density at radius 2 is 1.79 bits per heavy atom. The Balaban J connectivity index is 1.93. The molecule has 0 radical (unpaired) electrons. The van der Waals surface area contributed by atoms with E-state index in [9.17, 15) is 5.11 Å². The van der Waals surface area contributed by atoms with Gasteiger partial charge in [-0.3, -0.25) is 0 Å². The van der Waals surface area contributed by atoms with Gasteiger partial charge in [0.15, 0.2) is 0 Å². The molecule has 1 N–H and O–H groups in total. The summed E-state index contributed by atoms with van der Waals surface area (Å²) in [6.45, 7) is 3.17. The lowest BCUT2D eigenvalue weighted by molar-refractivity contribution is 0.173. The summed E-state index contributed by atoms with van der Waals surface area (Å²) in [5.41, 5.74) is 2.29. The number of rotatable bonds is 5. The number of aliphatic hydroxyl groups is 1. The summed E-state index contributed by atoms with van der Waals surface area (Å²) in [5.74, 6) is 0.861. The summed E-state index contributed by atoms with van der Waals surface area (Å²) in [6.07, 6.45) is 7.45. The second kappa shape index (κ2) is 6.95. The zero-order chi connectivity index (χ0) is 13.7. The molecule has 0 amide bonds. The molecule has 2 nitrogen and oxygen atoms in total. The first-order chi connectivity index (χ1) is 9.20. The van der Waals surface area contributed by atoms with E-state index >= 15 is 0 Å². The molecule has 1 aliphatic carbocycles. The van der Waals surface area contributed by atoms with Crippen LogP contribution in [0.3, 0.4) is 0 Å². The molecule has 1 aromatic carbocycles. The van der Waals surface area contributed by atoms with Gasteiger partial charge in [-0.25, -0.2) is 0 Å². The lowest BCUT2D eigenvalue weighted by Gasteiger charge is -2.28. The fraction of sp³-hybridized carbons (Fsp3) is 0.647. The van der Waals surface area contributed by atoms with E-state index in [-0.39, 0.29) is 6.10 Å². The van der Waals surface area contributed by atoms with Gasteiger partial charge in [-0.05, 0) is 42.9 Å². The predicted octanol–water partition coefficient (Wildman–Crippen LogP) is 4.15. The molecule has 1 aliphatic rings. The molecule has 0 aliphatic heterocycles. The summed E-state index contributed by atoms with van der Waals surface area (Å²) in [5, 5.41) is 9.81. The molecular weight excluding hydrogens is 234 g/mol. The molecule has 2 heteroatoms. The number of hydrogen-bond donors (Lipinski definition) is 1. The fourth-order valence-electron chi connectivity index (χ4n) is 3.05.